The lowest BCUT2D eigenvalue weighted by Gasteiger charge is -2.07. The van der Waals surface area contributed by atoms with Gasteiger partial charge in [-0.2, -0.15) is 10.5 Å². The maximum absolute atomic E-state index is 11.9. The molecule has 1 N–H and O–H groups in total. The van der Waals surface area contributed by atoms with Crippen LogP contribution in [0.1, 0.15) is 11.5 Å². The molecular formula is C13H6BrN3O2. The molecule has 19 heavy (non-hydrogen) atoms. The van der Waals surface area contributed by atoms with Crippen LogP contribution < -0.4 is 5.32 Å². The third kappa shape index (κ3) is 1.08. The Morgan fingerprint density at radius 2 is 1.74 bits per heavy atom. The Kier molecular flexibility index (Phi) is 2.15. The van der Waals surface area contributed by atoms with Gasteiger partial charge in [0.2, 0.25) is 11.8 Å². The number of halogens is 1. The van der Waals surface area contributed by atoms with Gasteiger partial charge in [0, 0.05) is 10.4 Å². The highest BCUT2D eigenvalue weighted by Crippen LogP contribution is 2.76. The lowest BCUT2D eigenvalue weighted by Crippen LogP contribution is -2.31. The zero-order chi connectivity index (χ0) is 13.8. The number of imide groups is 1. The minimum atomic E-state index is -1.58. The minimum absolute atomic E-state index is 0.640. The Bertz CT molecular complexity index is 679. The van der Waals surface area contributed by atoms with E-state index in [1.807, 2.05) is 12.1 Å². The molecule has 3 rings (SSSR count). The van der Waals surface area contributed by atoms with E-state index in [4.69, 9.17) is 0 Å². The molecule has 1 aromatic carbocycles. The van der Waals surface area contributed by atoms with Crippen molar-refractivity contribution in [2.24, 2.45) is 10.8 Å². The molecule has 1 saturated carbocycles. The summed E-state index contributed by atoms with van der Waals surface area (Å²) in [6, 6.07) is 10.7. The molecule has 0 spiro atoms. The van der Waals surface area contributed by atoms with Crippen molar-refractivity contribution in [2.75, 3.05) is 0 Å². The first-order valence-electron chi connectivity index (χ1n) is 5.48. The first-order valence-corrected chi connectivity index (χ1v) is 6.27. The van der Waals surface area contributed by atoms with Gasteiger partial charge in [0.05, 0.1) is 12.1 Å². The topological polar surface area (TPSA) is 93.8 Å². The van der Waals surface area contributed by atoms with Crippen molar-refractivity contribution >= 4 is 27.7 Å². The summed E-state index contributed by atoms with van der Waals surface area (Å²) in [7, 11) is 0. The van der Waals surface area contributed by atoms with Gasteiger partial charge in [-0.05, 0) is 17.7 Å². The zero-order valence-electron chi connectivity index (χ0n) is 9.48. The minimum Gasteiger partial charge on any atom is -0.293 e. The SMILES string of the molecule is N#C[C@@]12C(=O)NC(=O)[C@]1(C#N)C2c1cccc(Br)c1. The van der Waals surface area contributed by atoms with E-state index in [-0.39, 0.29) is 0 Å². The molecule has 1 aliphatic carbocycles. The molecule has 1 aromatic rings. The van der Waals surface area contributed by atoms with Crippen LogP contribution in [0, 0.1) is 33.5 Å². The molecule has 2 aliphatic rings. The number of hydrogen-bond acceptors (Lipinski definition) is 4. The number of carbonyl (C=O) groups excluding carboxylic acids is 2. The highest BCUT2D eigenvalue weighted by Gasteiger charge is 2.90. The quantitative estimate of drug-likeness (QED) is 0.788. The fraction of sp³-hybridized carbons (Fsp3) is 0.231. The standard InChI is InChI=1S/C13H6BrN3O2/c14-8-3-1-2-7(4-8)9-12(5-15)10(18)17-11(19)13(9,12)6-16/h1-4,9H,(H,17,18,19)/t9?,12-,13+. The normalized spacial score (nSPS) is 35.0. The average Bonchev–Trinajstić information content (AvgIpc) is 2.96. The lowest BCUT2D eigenvalue weighted by molar-refractivity contribution is -0.128. The van der Waals surface area contributed by atoms with E-state index in [1.165, 1.54) is 0 Å². The number of benzene rings is 1. The van der Waals surface area contributed by atoms with Gasteiger partial charge in [-0.3, -0.25) is 14.9 Å². The number of rotatable bonds is 1. The zero-order valence-corrected chi connectivity index (χ0v) is 11.1. The number of nitriles is 2. The van der Waals surface area contributed by atoms with E-state index in [9.17, 15) is 20.1 Å². The van der Waals surface area contributed by atoms with Crippen LogP contribution in [0.2, 0.25) is 0 Å². The summed E-state index contributed by atoms with van der Waals surface area (Å²) >= 11 is 3.30. The fourth-order valence-corrected chi connectivity index (χ4v) is 3.41. The molecule has 1 saturated heterocycles. The van der Waals surface area contributed by atoms with Crippen molar-refractivity contribution in [3.05, 3.63) is 34.3 Å². The van der Waals surface area contributed by atoms with E-state index in [2.05, 4.69) is 21.2 Å². The van der Waals surface area contributed by atoms with E-state index in [0.29, 0.717) is 5.56 Å². The Hall–Kier alpha value is -2.18. The van der Waals surface area contributed by atoms with Gasteiger partial charge in [0.1, 0.15) is 0 Å². The number of carbonyl (C=O) groups is 2. The molecule has 1 unspecified atom stereocenters. The summed E-state index contributed by atoms with van der Waals surface area (Å²) in [4.78, 5) is 23.8. The molecule has 2 fully saturated rings. The van der Waals surface area contributed by atoms with Crippen molar-refractivity contribution < 1.29 is 9.59 Å². The first-order chi connectivity index (χ1) is 9.04. The molecule has 2 amide bonds. The molecular weight excluding hydrogens is 310 g/mol. The highest BCUT2D eigenvalue weighted by molar-refractivity contribution is 9.10. The van der Waals surface area contributed by atoms with Gasteiger partial charge in [-0.25, -0.2) is 0 Å². The van der Waals surface area contributed by atoms with Gasteiger partial charge in [0.15, 0.2) is 10.8 Å². The Morgan fingerprint density at radius 3 is 2.21 bits per heavy atom. The summed E-state index contributed by atoms with van der Waals surface area (Å²) in [6.07, 6.45) is 0. The molecule has 5 nitrogen and oxygen atoms in total. The monoisotopic (exact) mass is 315 g/mol. The molecule has 92 valence electrons. The van der Waals surface area contributed by atoms with Crippen LogP contribution in [-0.2, 0) is 9.59 Å². The van der Waals surface area contributed by atoms with Gasteiger partial charge >= 0.3 is 0 Å². The van der Waals surface area contributed by atoms with Crippen LogP contribution in [0.3, 0.4) is 0 Å². The Morgan fingerprint density at radius 1 is 1.16 bits per heavy atom. The van der Waals surface area contributed by atoms with Gasteiger partial charge < -0.3 is 0 Å². The van der Waals surface area contributed by atoms with E-state index in [0.717, 1.165) is 4.47 Å². The summed E-state index contributed by atoms with van der Waals surface area (Å²) in [5.74, 6) is -2.05. The van der Waals surface area contributed by atoms with Crippen molar-refractivity contribution in [3.63, 3.8) is 0 Å². The third-order valence-corrected chi connectivity index (χ3v) is 4.38. The van der Waals surface area contributed by atoms with Crippen LogP contribution >= 0.6 is 15.9 Å². The second-order valence-corrected chi connectivity index (χ2v) is 5.53. The lowest BCUT2D eigenvalue weighted by atomic mass is 9.98. The molecule has 1 aliphatic heterocycles. The highest BCUT2D eigenvalue weighted by atomic mass is 79.9. The molecule has 1 heterocycles. The first kappa shape index (κ1) is 11.9. The van der Waals surface area contributed by atoms with Crippen LogP contribution in [-0.4, -0.2) is 11.8 Å². The van der Waals surface area contributed by atoms with E-state index in [1.54, 1.807) is 24.3 Å². The van der Waals surface area contributed by atoms with Gasteiger partial charge in [-0.1, -0.05) is 28.1 Å². The Labute approximate surface area is 116 Å². The van der Waals surface area contributed by atoms with Gasteiger partial charge in [-0.15, -0.1) is 0 Å². The largest absolute Gasteiger partial charge is 0.293 e. The summed E-state index contributed by atoms with van der Waals surface area (Å²) in [5.41, 5.74) is -2.53. The second kappa shape index (κ2) is 3.43. The fourth-order valence-electron chi connectivity index (χ4n) is 2.99. The van der Waals surface area contributed by atoms with Crippen LogP contribution in [0.25, 0.3) is 0 Å². The smallest absolute Gasteiger partial charge is 0.250 e. The predicted molar refractivity (Wildman–Crippen MR) is 66.1 cm³/mol. The average molecular weight is 316 g/mol. The molecule has 0 radical (unpaired) electrons. The maximum Gasteiger partial charge on any atom is 0.250 e. The number of nitrogens with one attached hydrogen (secondary N) is 1. The third-order valence-electron chi connectivity index (χ3n) is 3.88. The maximum atomic E-state index is 11.9. The van der Waals surface area contributed by atoms with E-state index >= 15 is 0 Å². The number of amides is 2. The molecule has 0 aromatic heterocycles. The summed E-state index contributed by atoms with van der Waals surface area (Å²) in [5, 5.41) is 20.7. The summed E-state index contributed by atoms with van der Waals surface area (Å²) < 4.78 is 0.768. The van der Waals surface area contributed by atoms with Crippen molar-refractivity contribution in [1.29, 1.82) is 10.5 Å². The second-order valence-electron chi connectivity index (χ2n) is 4.61. The Balaban J connectivity index is 2.21. The van der Waals surface area contributed by atoms with Crippen molar-refractivity contribution in [2.45, 2.75) is 5.92 Å². The number of hydrogen-bond donors (Lipinski definition) is 1. The number of nitrogens with zero attached hydrogens (tertiary/aromatic N) is 2. The van der Waals surface area contributed by atoms with Crippen LogP contribution in [0.15, 0.2) is 28.7 Å². The van der Waals surface area contributed by atoms with Crippen LogP contribution in [0.5, 0.6) is 0 Å². The number of fused-ring (bicyclic) bond motifs is 1. The van der Waals surface area contributed by atoms with Crippen molar-refractivity contribution in [3.8, 4) is 12.1 Å². The summed E-state index contributed by atoms with van der Waals surface area (Å²) in [6.45, 7) is 0. The molecule has 6 heteroatoms. The van der Waals surface area contributed by atoms with Crippen LogP contribution in [0.4, 0.5) is 0 Å². The molecule has 3 atom stereocenters. The van der Waals surface area contributed by atoms with E-state index < -0.39 is 28.6 Å². The molecule has 0 bridgehead atoms. The number of piperidine rings is 1. The van der Waals surface area contributed by atoms with Crippen molar-refractivity contribution in [1.82, 2.24) is 5.32 Å². The van der Waals surface area contributed by atoms with Gasteiger partial charge in [0.25, 0.3) is 0 Å². The predicted octanol–water partition coefficient (Wildman–Crippen LogP) is 1.22.